The molecule has 0 amide bonds. The van der Waals surface area contributed by atoms with E-state index in [2.05, 4.69) is 6.92 Å². The van der Waals surface area contributed by atoms with Crippen molar-refractivity contribution in [3.05, 3.63) is 0 Å². The molecule has 2 atom stereocenters. The van der Waals surface area contributed by atoms with Gasteiger partial charge in [0.1, 0.15) is 0 Å². The third kappa shape index (κ3) is 1.76. The van der Waals surface area contributed by atoms with E-state index in [0.717, 1.165) is 18.8 Å². The Kier molecular flexibility index (Phi) is 2.64. The minimum Gasteiger partial charge on any atom is -0.390 e. The fourth-order valence-electron chi connectivity index (χ4n) is 3.10. The molecular weight excluding hydrogens is 160 g/mol. The molecule has 0 saturated heterocycles. The summed E-state index contributed by atoms with van der Waals surface area (Å²) in [5.74, 6) is 1.54. The number of hydrogen-bond acceptors (Lipinski definition) is 1. The summed E-state index contributed by atoms with van der Waals surface area (Å²) in [5, 5.41) is 10.2. The van der Waals surface area contributed by atoms with E-state index in [1.807, 2.05) is 0 Å². The van der Waals surface area contributed by atoms with Crippen molar-refractivity contribution in [3.63, 3.8) is 0 Å². The van der Waals surface area contributed by atoms with Crippen LogP contribution in [0, 0.1) is 11.8 Å². The molecule has 2 aliphatic carbocycles. The second kappa shape index (κ2) is 3.61. The fraction of sp³-hybridized carbons (Fsp3) is 1.00. The smallest absolute Gasteiger partial charge is 0.0676 e. The van der Waals surface area contributed by atoms with Crippen LogP contribution in [-0.4, -0.2) is 10.7 Å². The first-order chi connectivity index (χ1) is 6.24. The Morgan fingerprint density at radius 2 is 2.00 bits per heavy atom. The summed E-state index contributed by atoms with van der Waals surface area (Å²) in [7, 11) is 0. The molecule has 0 radical (unpaired) electrons. The number of aliphatic hydroxyl groups is 1. The minimum absolute atomic E-state index is 0.228. The van der Waals surface area contributed by atoms with Gasteiger partial charge >= 0.3 is 0 Å². The molecule has 2 saturated carbocycles. The predicted octanol–water partition coefficient (Wildman–Crippen LogP) is 3.12. The number of rotatable bonds is 2. The zero-order valence-corrected chi connectivity index (χ0v) is 8.76. The molecule has 0 aromatic carbocycles. The Morgan fingerprint density at radius 3 is 2.54 bits per heavy atom. The van der Waals surface area contributed by atoms with Gasteiger partial charge in [0, 0.05) is 0 Å². The highest BCUT2D eigenvalue weighted by Crippen LogP contribution is 2.46. The van der Waals surface area contributed by atoms with E-state index >= 15 is 0 Å². The Bertz CT molecular complexity index is 172. The lowest BCUT2D eigenvalue weighted by Crippen LogP contribution is -2.46. The average Bonchev–Trinajstić information content (AvgIpc) is 2.14. The van der Waals surface area contributed by atoms with Crippen LogP contribution in [0.5, 0.6) is 0 Å². The molecule has 2 aliphatic rings. The first kappa shape index (κ1) is 9.51. The highest BCUT2D eigenvalue weighted by molar-refractivity contribution is 4.95. The van der Waals surface area contributed by atoms with Crippen molar-refractivity contribution in [2.75, 3.05) is 0 Å². The Morgan fingerprint density at radius 1 is 1.23 bits per heavy atom. The summed E-state index contributed by atoms with van der Waals surface area (Å²) in [6.07, 6.45) is 10.1. The zero-order valence-electron chi connectivity index (χ0n) is 8.76. The van der Waals surface area contributed by atoms with Crippen LogP contribution in [0.1, 0.15) is 58.3 Å². The molecule has 13 heavy (non-hydrogen) atoms. The molecule has 1 heteroatoms. The molecule has 2 rings (SSSR count). The van der Waals surface area contributed by atoms with Crippen LogP contribution < -0.4 is 0 Å². The Hall–Kier alpha value is -0.0400. The molecule has 0 bridgehead atoms. The van der Waals surface area contributed by atoms with Crippen LogP contribution in [0.4, 0.5) is 0 Å². The maximum absolute atomic E-state index is 10.2. The lowest BCUT2D eigenvalue weighted by Gasteiger charge is -2.46. The van der Waals surface area contributed by atoms with Gasteiger partial charge in [-0.2, -0.15) is 0 Å². The van der Waals surface area contributed by atoms with E-state index in [1.54, 1.807) is 0 Å². The van der Waals surface area contributed by atoms with Crippen molar-refractivity contribution >= 4 is 0 Å². The van der Waals surface area contributed by atoms with Crippen molar-refractivity contribution in [1.82, 2.24) is 0 Å². The van der Waals surface area contributed by atoms with Crippen LogP contribution in [-0.2, 0) is 0 Å². The first-order valence-electron chi connectivity index (χ1n) is 5.97. The molecule has 2 unspecified atom stereocenters. The summed E-state index contributed by atoms with van der Waals surface area (Å²) >= 11 is 0. The molecule has 2 fully saturated rings. The summed E-state index contributed by atoms with van der Waals surface area (Å²) in [6.45, 7) is 2.29. The standard InChI is InChI=1S/C12H22O/c1-2-10-5-3-6-11(9-10)12(13)7-4-8-12/h10-11,13H,2-9H2,1H3. The van der Waals surface area contributed by atoms with Crippen molar-refractivity contribution in [2.45, 2.75) is 63.9 Å². The van der Waals surface area contributed by atoms with Gasteiger partial charge in [-0.25, -0.2) is 0 Å². The van der Waals surface area contributed by atoms with E-state index in [-0.39, 0.29) is 5.60 Å². The summed E-state index contributed by atoms with van der Waals surface area (Å²) in [4.78, 5) is 0. The lowest BCUT2D eigenvalue weighted by molar-refractivity contribution is -0.0998. The van der Waals surface area contributed by atoms with E-state index < -0.39 is 0 Å². The monoisotopic (exact) mass is 182 g/mol. The van der Waals surface area contributed by atoms with Gasteiger partial charge in [-0.05, 0) is 43.9 Å². The Labute approximate surface area is 81.5 Å². The van der Waals surface area contributed by atoms with Gasteiger partial charge in [0.25, 0.3) is 0 Å². The molecule has 1 N–H and O–H groups in total. The van der Waals surface area contributed by atoms with Crippen molar-refractivity contribution < 1.29 is 5.11 Å². The normalized spacial score (nSPS) is 38.3. The predicted molar refractivity (Wildman–Crippen MR) is 54.5 cm³/mol. The summed E-state index contributed by atoms with van der Waals surface area (Å²) < 4.78 is 0. The molecule has 1 nitrogen and oxygen atoms in total. The van der Waals surface area contributed by atoms with Gasteiger partial charge in [-0.1, -0.05) is 26.2 Å². The first-order valence-corrected chi connectivity index (χ1v) is 5.97. The quantitative estimate of drug-likeness (QED) is 0.695. The molecule has 0 spiro atoms. The van der Waals surface area contributed by atoms with Crippen LogP contribution in [0.2, 0.25) is 0 Å². The number of hydrogen-bond donors (Lipinski definition) is 1. The topological polar surface area (TPSA) is 20.2 Å². The maximum Gasteiger partial charge on any atom is 0.0676 e. The van der Waals surface area contributed by atoms with E-state index in [9.17, 15) is 5.11 Å². The van der Waals surface area contributed by atoms with Gasteiger partial charge in [0.05, 0.1) is 5.60 Å². The zero-order chi connectivity index (χ0) is 9.31. The van der Waals surface area contributed by atoms with Crippen LogP contribution in [0.25, 0.3) is 0 Å². The van der Waals surface area contributed by atoms with Gasteiger partial charge < -0.3 is 5.11 Å². The molecule has 0 aromatic rings. The largest absolute Gasteiger partial charge is 0.390 e. The molecule has 76 valence electrons. The van der Waals surface area contributed by atoms with Gasteiger partial charge in [0.2, 0.25) is 0 Å². The van der Waals surface area contributed by atoms with Crippen LogP contribution in [0.15, 0.2) is 0 Å². The average molecular weight is 182 g/mol. The Balaban J connectivity index is 1.91. The maximum atomic E-state index is 10.2. The van der Waals surface area contributed by atoms with Gasteiger partial charge in [-0.15, -0.1) is 0 Å². The molecule has 0 aromatic heterocycles. The lowest BCUT2D eigenvalue weighted by atomic mass is 9.64. The van der Waals surface area contributed by atoms with Gasteiger partial charge in [-0.3, -0.25) is 0 Å². The minimum atomic E-state index is -0.228. The van der Waals surface area contributed by atoms with Gasteiger partial charge in [0.15, 0.2) is 0 Å². The fourth-order valence-corrected chi connectivity index (χ4v) is 3.10. The van der Waals surface area contributed by atoms with Crippen molar-refractivity contribution in [1.29, 1.82) is 0 Å². The van der Waals surface area contributed by atoms with Crippen molar-refractivity contribution in [3.8, 4) is 0 Å². The molecule has 0 aliphatic heterocycles. The SMILES string of the molecule is CCC1CCCC(C2(O)CCC2)C1. The molecule has 0 heterocycles. The highest BCUT2D eigenvalue weighted by atomic mass is 16.3. The van der Waals surface area contributed by atoms with Crippen molar-refractivity contribution in [2.24, 2.45) is 11.8 Å². The summed E-state index contributed by atoms with van der Waals surface area (Å²) in [5.41, 5.74) is -0.228. The third-order valence-corrected chi connectivity index (χ3v) is 4.34. The highest BCUT2D eigenvalue weighted by Gasteiger charge is 2.43. The van der Waals surface area contributed by atoms with E-state index in [1.165, 1.54) is 38.5 Å². The summed E-state index contributed by atoms with van der Waals surface area (Å²) in [6, 6.07) is 0. The second-order valence-corrected chi connectivity index (χ2v) is 5.09. The van der Waals surface area contributed by atoms with E-state index in [4.69, 9.17) is 0 Å². The van der Waals surface area contributed by atoms with E-state index in [0.29, 0.717) is 5.92 Å². The van der Waals surface area contributed by atoms with Crippen LogP contribution in [0.3, 0.4) is 0 Å². The second-order valence-electron chi connectivity index (χ2n) is 5.09. The molecular formula is C12H22O. The van der Waals surface area contributed by atoms with Crippen LogP contribution >= 0.6 is 0 Å². The third-order valence-electron chi connectivity index (χ3n) is 4.34.